The lowest BCUT2D eigenvalue weighted by atomic mass is 9.99. The molecule has 0 aliphatic heterocycles. The highest BCUT2D eigenvalue weighted by Gasteiger charge is 2.20. The zero-order valence-electron chi connectivity index (χ0n) is 13.5. The Bertz CT molecular complexity index is 998. The van der Waals surface area contributed by atoms with Crippen LogP contribution in [-0.4, -0.2) is 10.8 Å². The van der Waals surface area contributed by atoms with E-state index in [9.17, 15) is 9.18 Å². The Morgan fingerprint density at radius 1 is 1.20 bits per heavy atom. The highest BCUT2D eigenvalue weighted by molar-refractivity contribution is 7.21. The van der Waals surface area contributed by atoms with Crippen molar-refractivity contribution < 1.29 is 9.18 Å². The van der Waals surface area contributed by atoms with Gasteiger partial charge in [-0.25, -0.2) is 9.37 Å². The number of thiophene rings is 1. The number of benzene rings is 1. The van der Waals surface area contributed by atoms with Crippen LogP contribution in [0, 0.1) is 5.82 Å². The fourth-order valence-corrected chi connectivity index (χ4v) is 4.23. The second kappa shape index (κ2) is 6.73. The minimum absolute atomic E-state index is 0.114. The molecule has 0 bridgehead atoms. The predicted octanol–water partition coefficient (Wildman–Crippen LogP) is 5.95. The molecule has 0 fully saturated rings. The monoisotopic (exact) mass is 349 g/mol. The van der Waals surface area contributed by atoms with Crippen LogP contribution in [0.15, 0.2) is 66.4 Å². The summed E-state index contributed by atoms with van der Waals surface area (Å²) in [6.07, 6.45) is 10.2. The first-order valence-corrected chi connectivity index (χ1v) is 9.06. The average molecular weight is 349 g/mol. The van der Waals surface area contributed by atoms with Gasteiger partial charge in [-0.1, -0.05) is 35.9 Å². The molecular formula is C21H16FNOS. The number of hydrogen-bond donors (Lipinski definition) is 0. The van der Waals surface area contributed by atoms with Gasteiger partial charge in [-0.15, -0.1) is 11.3 Å². The van der Waals surface area contributed by atoms with Crippen LogP contribution in [0.25, 0.3) is 21.3 Å². The van der Waals surface area contributed by atoms with E-state index in [1.165, 1.54) is 29.0 Å². The Kier molecular flexibility index (Phi) is 4.28. The number of pyridine rings is 1. The topological polar surface area (TPSA) is 30.0 Å². The molecule has 0 amide bonds. The van der Waals surface area contributed by atoms with Gasteiger partial charge in [-0.2, -0.15) is 0 Å². The van der Waals surface area contributed by atoms with Gasteiger partial charge in [-0.3, -0.25) is 4.79 Å². The molecule has 3 aromatic rings. The summed E-state index contributed by atoms with van der Waals surface area (Å²) >= 11 is 1.42. The van der Waals surface area contributed by atoms with Gasteiger partial charge in [0.15, 0.2) is 5.78 Å². The number of nitrogens with zero attached hydrogens (tertiary/aromatic N) is 1. The highest BCUT2D eigenvalue weighted by Crippen LogP contribution is 2.38. The number of hydrogen-bond acceptors (Lipinski definition) is 3. The van der Waals surface area contributed by atoms with E-state index in [0.29, 0.717) is 11.3 Å². The molecule has 2 heterocycles. The van der Waals surface area contributed by atoms with Crippen molar-refractivity contribution in [3.63, 3.8) is 0 Å². The van der Waals surface area contributed by atoms with E-state index in [2.05, 4.69) is 23.2 Å². The van der Waals surface area contributed by atoms with E-state index in [1.54, 1.807) is 18.3 Å². The van der Waals surface area contributed by atoms with Gasteiger partial charge in [0.05, 0.1) is 4.88 Å². The second-order valence-electron chi connectivity index (χ2n) is 6.01. The molecule has 0 radical (unpaired) electrons. The van der Waals surface area contributed by atoms with Crippen molar-refractivity contribution in [3.8, 4) is 11.1 Å². The number of rotatable bonds is 5. The standard InChI is InChI=1S/C21H16FNOS/c22-16-10-8-15(9-11-16)19-17-6-3-13-23-21(17)25-20(19)18(24)12-7-14-4-1-2-5-14/h1,3-6,8-11,13H,2,7,12H2. The molecule has 1 aromatic carbocycles. The molecule has 0 saturated heterocycles. The summed E-state index contributed by atoms with van der Waals surface area (Å²) in [5.74, 6) is -0.169. The van der Waals surface area contributed by atoms with E-state index < -0.39 is 0 Å². The normalized spacial score (nSPS) is 13.4. The van der Waals surface area contributed by atoms with E-state index in [1.807, 2.05) is 12.1 Å². The maximum absolute atomic E-state index is 13.3. The Labute approximate surface area is 149 Å². The Hall–Kier alpha value is -2.59. The SMILES string of the molecule is O=C(CCC1=CCC=C1)c1sc2ncccc2c1-c1ccc(F)cc1. The lowest BCUT2D eigenvalue weighted by molar-refractivity contribution is 0.0987. The maximum Gasteiger partial charge on any atom is 0.173 e. The van der Waals surface area contributed by atoms with E-state index in [-0.39, 0.29) is 11.6 Å². The van der Waals surface area contributed by atoms with Gasteiger partial charge in [0, 0.05) is 23.6 Å². The van der Waals surface area contributed by atoms with Gasteiger partial charge >= 0.3 is 0 Å². The molecule has 0 spiro atoms. The fraction of sp³-hybridized carbons (Fsp3) is 0.143. The molecule has 1 aliphatic carbocycles. The van der Waals surface area contributed by atoms with E-state index in [4.69, 9.17) is 0 Å². The third kappa shape index (κ3) is 3.17. The first-order chi connectivity index (χ1) is 12.2. The van der Waals surface area contributed by atoms with Crippen molar-refractivity contribution in [1.29, 1.82) is 0 Å². The van der Waals surface area contributed by atoms with E-state index >= 15 is 0 Å². The summed E-state index contributed by atoms with van der Waals surface area (Å²) < 4.78 is 13.3. The smallest absolute Gasteiger partial charge is 0.173 e. The summed E-state index contributed by atoms with van der Waals surface area (Å²) in [7, 11) is 0. The zero-order chi connectivity index (χ0) is 17.2. The quantitative estimate of drug-likeness (QED) is 0.533. The lowest BCUT2D eigenvalue weighted by Gasteiger charge is -2.05. The third-order valence-electron chi connectivity index (χ3n) is 4.34. The number of carbonyl (C=O) groups excluding carboxylic acids is 1. The molecule has 4 heteroatoms. The summed E-state index contributed by atoms with van der Waals surface area (Å²) in [5.41, 5.74) is 2.94. The summed E-state index contributed by atoms with van der Waals surface area (Å²) in [4.78, 5) is 18.8. The lowest BCUT2D eigenvalue weighted by Crippen LogP contribution is -1.98. The highest BCUT2D eigenvalue weighted by atomic mass is 32.1. The maximum atomic E-state index is 13.3. The first-order valence-electron chi connectivity index (χ1n) is 8.24. The molecule has 2 nitrogen and oxygen atoms in total. The van der Waals surface area contributed by atoms with Crippen LogP contribution in [0.5, 0.6) is 0 Å². The van der Waals surface area contributed by atoms with Crippen molar-refractivity contribution in [2.24, 2.45) is 0 Å². The van der Waals surface area contributed by atoms with Gasteiger partial charge in [0.25, 0.3) is 0 Å². The van der Waals surface area contributed by atoms with Crippen LogP contribution in [-0.2, 0) is 0 Å². The number of fused-ring (bicyclic) bond motifs is 1. The Balaban J connectivity index is 1.74. The molecule has 0 saturated carbocycles. The Morgan fingerprint density at radius 3 is 2.80 bits per heavy atom. The summed E-state index contributed by atoms with van der Waals surface area (Å²) in [6.45, 7) is 0. The molecule has 0 atom stereocenters. The number of halogens is 1. The van der Waals surface area contributed by atoms with Crippen molar-refractivity contribution in [2.75, 3.05) is 0 Å². The van der Waals surface area contributed by atoms with Crippen molar-refractivity contribution in [3.05, 3.63) is 77.1 Å². The molecule has 1 aliphatic rings. The van der Waals surface area contributed by atoms with Gasteiger partial charge in [-0.05, 0) is 42.7 Å². The van der Waals surface area contributed by atoms with Crippen LogP contribution in [0.3, 0.4) is 0 Å². The summed E-state index contributed by atoms with van der Waals surface area (Å²) in [5, 5.41) is 0.947. The zero-order valence-corrected chi connectivity index (χ0v) is 14.4. The van der Waals surface area contributed by atoms with Crippen molar-refractivity contribution >= 4 is 27.3 Å². The molecule has 2 aromatic heterocycles. The number of Topliss-reactive ketones (excluding diaryl/α,β-unsaturated/α-hetero) is 1. The van der Waals surface area contributed by atoms with Gasteiger partial charge < -0.3 is 0 Å². The number of allylic oxidation sites excluding steroid dienone is 4. The van der Waals surface area contributed by atoms with Gasteiger partial charge in [0.1, 0.15) is 10.6 Å². The van der Waals surface area contributed by atoms with Crippen LogP contribution in [0.2, 0.25) is 0 Å². The third-order valence-corrected chi connectivity index (χ3v) is 5.50. The number of carbonyl (C=O) groups is 1. The van der Waals surface area contributed by atoms with E-state index in [0.717, 1.165) is 34.2 Å². The number of aromatic nitrogens is 1. The number of ketones is 1. The minimum Gasteiger partial charge on any atom is -0.293 e. The van der Waals surface area contributed by atoms with Crippen LogP contribution in [0.4, 0.5) is 4.39 Å². The summed E-state index contributed by atoms with van der Waals surface area (Å²) in [6, 6.07) is 10.1. The minimum atomic E-state index is -0.283. The predicted molar refractivity (Wildman–Crippen MR) is 100 cm³/mol. The van der Waals surface area contributed by atoms with Crippen molar-refractivity contribution in [2.45, 2.75) is 19.3 Å². The molecule has 4 rings (SSSR count). The molecule has 0 unspecified atom stereocenters. The molecule has 0 N–H and O–H groups in total. The fourth-order valence-electron chi connectivity index (χ4n) is 3.10. The first kappa shape index (κ1) is 15.9. The van der Waals surface area contributed by atoms with Crippen molar-refractivity contribution in [1.82, 2.24) is 4.98 Å². The van der Waals surface area contributed by atoms with Crippen LogP contribution < -0.4 is 0 Å². The molecule has 25 heavy (non-hydrogen) atoms. The largest absolute Gasteiger partial charge is 0.293 e. The molecule has 124 valence electrons. The van der Waals surface area contributed by atoms with Crippen LogP contribution >= 0.6 is 11.3 Å². The van der Waals surface area contributed by atoms with Crippen LogP contribution in [0.1, 0.15) is 28.9 Å². The average Bonchev–Trinajstić information content (AvgIpc) is 3.28. The van der Waals surface area contributed by atoms with Gasteiger partial charge in [0.2, 0.25) is 0 Å². The second-order valence-corrected chi connectivity index (χ2v) is 7.01. The Morgan fingerprint density at radius 2 is 2.04 bits per heavy atom. The molecular weight excluding hydrogens is 333 g/mol.